The standard InChI is InChI=1S/C11H23N3O/c1-2-14-6-7-15-10(8-14)11(13-12)9-4-3-5-9/h9-11,13H,2-8,12H2,1H3. The fourth-order valence-electron chi connectivity index (χ4n) is 2.58. The maximum Gasteiger partial charge on any atom is 0.0871 e. The number of morpholine rings is 1. The Balaban J connectivity index is 1.88. The molecule has 3 N–H and O–H groups in total. The lowest BCUT2D eigenvalue weighted by atomic mass is 9.77. The molecule has 0 aromatic rings. The van der Waals surface area contributed by atoms with Crippen molar-refractivity contribution in [3.05, 3.63) is 0 Å². The first-order valence-corrected chi connectivity index (χ1v) is 6.15. The minimum Gasteiger partial charge on any atom is -0.374 e. The van der Waals surface area contributed by atoms with Gasteiger partial charge in [-0.1, -0.05) is 13.3 Å². The van der Waals surface area contributed by atoms with Crippen LogP contribution in [0, 0.1) is 5.92 Å². The molecule has 2 rings (SSSR count). The maximum absolute atomic E-state index is 5.84. The van der Waals surface area contributed by atoms with Crippen LogP contribution in [-0.4, -0.2) is 43.3 Å². The fraction of sp³-hybridized carbons (Fsp3) is 1.00. The molecule has 88 valence electrons. The van der Waals surface area contributed by atoms with Crippen LogP contribution in [0.15, 0.2) is 0 Å². The number of likely N-dealkylation sites (N-methyl/N-ethyl adjacent to an activating group) is 1. The van der Waals surface area contributed by atoms with Crippen LogP contribution >= 0.6 is 0 Å². The van der Waals surface area contributed by atoms with Crippen molar-refractivity contribution in [2.24, 2.45) is 11.8 Å². The summed E-state index contributed by atoms with van der Waals surface area (Å²) in [5, 5.41) is 0. The second-order valence-electron chi connectivity index (χ2n) is 4.69. The summed E-state index contributed by atoms with van der Waals surface area (Å²) in [6, 6.07) is 0.355. The van der Waals surface area contributed by atoms with Crippen LogP contribution < -0.4 is 11.3 Å². The van der Waals surface area contributed by atoms with E-state index in [0.717, 1.165) is 32.2 Å². The van der Waals surface area contributed by atoms with Gasteiger partial charge in [0.05, 0.1) is 18.8 Å². The quantitative estimate of drug-likeness (QED) is 0.522. The number of hydrogen-bond donors (Lipinski definition) is 2. The Hall–Kier alpha value is -0.160. The molecule has 1 heterocycles. The Bertz CT molecular complexity index is 196. The molecule has 0 bridgehead atoms. The number of ether oxygens (including phenoxy) is 1. The number of nitrogens with zero attached hydrogens (tertiary/aromatic N) is 1. The van der Waals surface area contributed by atoms with Crippen LogP contribution in [0.2, 0.25) is 0 Å². The van der Waals surface area contributed by atoms with Crippen LogP contribution in [0.4, 0.5) is 0 Å². The van der Waals surface area contributed by atoms with Gasteiger partial charge in [-0.05, 0) is 25.3 Å². The van der Waals surface area contributed by atoms with Crippen molar-refractivity contribution in [3.63, 3.8) is 0 Å². The Kier molecular flexibility index (Phi) is 3.97. The molecule has 1 aliphatic heterocycles. The van der Waals surface area contributed by atoms with Gasteiger partial charge in [-0.3, -0.25) is 16.2 Å². The van der Waals surface area contributed by atoms with Crippen molar-refractivity contribution in [3.8, 4) is 0 Å². The van der Waals surface area contributed by atoms with Crippen molar-refractivity contribution in [2.75, 3.05) is 26.2 Å². The number of hydrogen-bond acceptors (Lipinski definition) is 4. The number of hydrazine groups is 1. The van der Waals surface area contributed by atoms with E-state index in [1.165, 1.54) is 19.3 Å². The van der Waals surface area contributed by atoms with Crippen molar-refractivity contribution in [1.82, 2.24) is 10.3 Å². The van der Waals surface area contributed by atoms with E-state index in [2.05, 4.69) is 17.2 Å². The molecule has 1 saturated heterocycles. The third-order valence-electron chi connectivity index (χ3n) is 3.88. The van der Waals surface area contributed by atoms with Gasteiger partial charge in [0.15, 0.2) is 0 Å². The van der Waals surface area contributed by atoms with E-state index < -0.39 is 0 Å². The third-order valence-corrected chi connectivity index (χ3v) is 3.88. The van der Waals surface area contributed by atoms with Crippen molar-refractivity contribution >= 4 is 0 Å². The van der Waals surface area contributed by atoms with Crippen molar-refractivity contribution in [2.45, 2.75) is 38.3 Å². The number of nitrogens with two attached hydrogens (primary N) is 1. The average molecular weight is 213 g/mol. The van der Waals surface area contributed by atoms with E-state index in [-0.39, 0.29) is 6.10 Å². The van der Waals surface area contributed by atoms with Gasteiger partial charge >= 0.3 is 0 Å². The summed E-state index contributed by atoms with van der Waals surface area (Å²) in [4.78, 5) is 2.44. The molecule has 2 aliphatic rings. The molecule has 2 atom stereocenters. The van der Waals surface area contributed by atoms with Crippen LogP contribution in [0.3, 0.4) is 0 Å². The Morgan fingerprint density at radius 2 is 2.33 bits per heavy atom. The molecule has 2 unspecified atom stereocenters. The Morgan fingerprint density at radius 3 is 2.87 bits per heavy atom. The molecule has 2 fully saturated rings. The summed E-state index contributed by atoms with van der Waals surface area (Å²) in [7, 11) is 0. The number of rotatable bonds is 4. The van der Waals surface area contributed by atoms with E-state index in [0.29, 0.717) is 6.04 Å². The van der Waals surface area contributed by atoms with Crippen LogP contribution in [0.1, 0.15) is 26.2 Å². The fourth-order valence-corrected chi connectivity index (χ4v) is 2.58. The first-order chi connectivity index (χ1) is 7.35. The van der Waals surface area contributed by atoms with E-state index in [1.54, 1.807) is 0 Å². The van der Waals surface area contributed by atoms with Crippen LogP contribution in [0.25, 0.3) is 0 Å². The monoisotopic (exact) mass is 213 g/mol. The van der Waals surface area contributed by atoms with E-state index in [9.17, 15) is 0 Å². The minimum absolute atomic E-state index is 0.286. The van der Waals surface area contributed by atoms with E-state index >= 15 is 0 Å². The summed E-state index contributed by atoms with van der Waals surface area (Å²) in [5.74, 6) is 6.39. The van der Waals surface area contributed by atoms with Gasteiger partial charge in [-0.15, -0.1) is 0 Å². The molecule has 4 nitrogen and oxygen atoms in total. The lowest BCUT2D eigenvalue weighted by Gasteiger charge is -2.42. The van der Waals surface area contributed by atoms with Gasteiger partial charge in [-0.25, -0.2) is 0 Å². The summed E-state index contributed by atoms with van der Waals surface area (Å²) in [6.07, 6.45) is 4.25. The predicted octanol–water partition coefficient (Wildman–Crippen LogP) is 0.339. The zero-order chi connectivity index (χ0) is 10.7. The molecule has 15 heavy (non-hydrogen) atoms. The van der Waals surface area contributed by atoms with E-state index in [1.807, 2.05) is 0 Å². The zero-order valence-corrected chi connectivity index (χ0v) is 9.61. The highest BCUT2D eigenvalue weighted by atomic mass is 16.5. The minimum atomic E-state index is 0.286. The highest BCUT2D eigenvalue weighted by molar-refractivity contribution is 4.90. The van der Waals surface area contributed by atoms with Gasteiger partial charge in [0.2, 0.25) is 0 Å². The molecular formula is C11H23N3O. The lowest BCUT2D eigenvalue weighted by molar-refractivity contribution is -0.0621. The highest BCUT2D eigenvalue weighted by Gasteiger charge is 2.35. The molecule has 0 aromatic carbocycles. The molecule has 1 aliphatic carbocycles. The predicted molar refractivity (Wildman–Crippen MR) is 60.3 cm³/mol. The summed E-state index contributed by atoms with van der Waals surface area (Å²) < 4.78 is 5.84. The van der Waals surface area contributed by atoms with Crippen molar-refractivity contribution < 1.29 is 4.74 Å². The van der Waals surface area contributed by atoms with Gasteiger partial charge in [-0.2, -0.15) is 0 Å². The number of nitrogens with one attached hydrogen (secondary N) is 1. The molecule has 0 amide bonds. The first kappa shape index (κ1) is 11.3. The highest BCUT2D eigenvalue weighted by Crippen LogP contribution is 2.32. The van der Waals surface area contributed by atoms with Gasteiger partial charge in [0.1, 0.15) is 0 Å². The van der Waals surface area contributed by atoms with Gasteiger partial charge < -0.3 is 4.74 Å². The average Bonchev–Trinajstić information content (AvgIpc) is 2.23. The Labute approximate surface area is 92.1 Å². The molecule has 4 heteroatoms. The SMILES string of the molecule is CCN1CCOC(C(NN)C2CCC2)C1. The largest absolute Gasteiger partial charge is 0.374 e. The molecule has 0 spiro atoms. The lowest BCUT2D eigenvalue weighted by Crippen LogP contribution is -2.57. The molecular weight excluding hydrogens is 190 g/mol. The summed E-state index contributed by atoms with van der Waals surface area (Å²) in [5.41, 5.74) is 2.97. The second-order valence-corrected chi connectivity index (χ2v) is 4.69. The first-order valence-electron chi connectivity index (χ1n) is 6.15. The molecule has 0 radical (unpaired) electrons. The smallest absolute Gasteiger partial charge is 0.0871 e. The topological polar surface area (TPSA) is 50.5 Å². The zero-order valence-electron chi connectivity index (χ0n) is 9.61. The summed E-state index contributed by atoms with van der Waals surface area (Å²) >= 11 is 0. The summed E-state index contributed by atoms with van der Waals surface area (Å²) in [6.45, 7) is 6.26. The third kappa shape index (κ3) is 2.50. The van der Waals surface area contributed by atoms with Gasteiger partial charge in [0, 0.05) is 13.1 Å². The molecule has 0 aromatic heterocycles. The normalized spacial score (nSPS) is 31.2. The maximum atomic E-state index is 5.84. The van der Waals surface area contributed by atoms with Gasteiger partial charge in [0.25, 0.3) is 0 Å². The second kappa shape index (κ2) is 5.25. The van der Waals surface area contributed by atoms with Crippen LogP contribution in [0.5, 0.6) is 0 Å². The van der Waals surface area contributed by atoms with E-state index in [4.69, 9.17) is 10.6 Å². The molecule has 1 saturated carbocycles. The Morgan fingerprint density at radius 1 is 1.53 bits per heavy atom. The van der Waals surface area contributed by atoms with Crippen molar-refractivity contribution in [1.29, 1.82) is 0 Å². The van der Waals surface area contributed by atoms with Crippen LogP contribution in [-0.2, 0) is 4.74 Å².